The van der Waals surface area contributed by atoms with Crippen LogP contribution in [0.15, 0.2) is 24.3 Å². The molecule has 0 aliphatic carbocycles. The molecule has 1 heterocycles. The molecule has 0 spiro atoms. The number of nitrogens with two attached hydrogens (primary N) is 1. The van der Waals surface area contributed by atoms with Crippen LogP contribution < -0.4 is 10.5 Å². The Balaban J connectivity index is 1.87. The number of hydrogen-bond donors (Lipinski definition) is 1. The fourth-order valence-corrected chi connectivity index (χ4v) is 2.65. The summed E-state index contributed by atoms with van der Waals surface area (Å²) in [6.07, 6.45) is 2.06. The minimum atomic E-state index is -0.432. The molecule has 1 aromatic rings. The van der Waals surface area contributed by atoms with Gasteiger partial charge in [-0.3, -0.25) is 4.79 Å². The second-order valence-corrected chi connectivity index (χ2v) is 5.73. The number of benzene rings is 1. The molecule has 5 heteroatoms. The molecule has 0 aromatic heterocycles. The Morgan fingerprint density at radius 1 is 1.55 bits per heavy atom. The van der Waals surface area contributed by atoms with Crippen molar-refractivity contribution >= 4 is 17.5 Å². The highest BCUT2D eigenvalue weighted by Gasteiger charge is 2.25. The smallest absolute Gasteiger partial charge is 0.239 e. The number of amides is 1. The number of carbonyl (C=O) groups excluding carboxylic acids is 1. The molecule has 110 valence electrons. The van der Waals surface area contributed by atoms with Crippen LogP contribution >= 0.6 is 11.6 Å². The van der Waals surface area contributed by atoms with E-state index in [9.17, 15) is 4.79 Å². The average Bonchev–Trinajstić information content (AvgIpc) is 2.46. The predicted octanol–water partition coefficient (Wildman–Crippen LogP) is 2.30. The van der Waals surface area contributed by atoms with Gasteiger partial charge in [-0.1, -0.05) is 23.7 Å². The lowest BCUT2D eigenvalue weighted by atomic mass is 9.98. The Bertz CT molecular complexity index is 465. The number of rotatable bonds is 4. The van der Waals surface area contributed by atoms with Crippen molar-refractivity contribution in [1.29, 1.82) is 0 Å². The third-order valence-electron chi connectivity index (χ3n) is 3.53. The first-order valence-corrected chi connectivity index (χ1v) is 7.37. The van der Waals surface area contributed by atoms with Gasteiger partial charge in [0.15, 0.2) is 0 Å². The summed E-state index contributed by atoms with van der Waals surface area (Å²) in [6.45, 7) is 3.81. The second kappa shape index (κ2) is 6.95. The largest absolute Gasteiger partial charge is 0.492 e. The quantitative estimate of drug-likeness (QED) is 0.927. The number of halogens is 1. The zero-order chi connectivity index (χ0) is 14.5. The van der Waals surface area contributed by atoms with Crippen LogP contribution in [-0.4, -0.2) is 36.5 Å². The zero-order valence-corrected chi connectivity index (χ0v) is 12.5. The van der Waals surface area contributed by atoms with Crippen molar-refractivity contribution in [3.05, 3.63) is 29.3 Å². The molecule has 4 nitrogen and oxygen atoms in total. The SMILES string of the molecule is CC(N)C(=O)N1CCCC(COc2ccccc2Cl)C1. The standard InChI is InChI=1S/C15H21ClN2O2/c1-11(17)15(19)18-8-4-5-12(9-18)10-20-14-7-3-2-6-13(14)16/h2-3,6-7,11-12H,4-5,8-10,17H2,1H3. The van der Waals surface area contributed by atoms with E-state index in [0.717, 1.165) is 19.4 Å². The molecule has 1 aliphatic rings. The Hall–Kier alpha value is -1.26. The van der Waals surface area contributed by atoms with Crippen molar-refractivity contribution in [2.24, 2.45) is 11.7 Å². The molecule has 0 saturated carbocycles. The van der Waals surface area contributed by atoms with E-state index in [1.165, 1.54) is 0 Å². The van der Waals surface area contributed by atoms with Gasteiger partial charge in [0, 0.05) is 19.0 Å². The topological polar surface area (TPSA) is 55.6 Å². The molecule has 1 fully saturated rings. The maximum Gasteiger partial charge on any atom is 0.239 e. The van der Waals surface area contributed by atoms with Gasteiger partial charge in [-0.05, 0) is 31.9 Å². The molecule has 20 heavy (non-hydrogen) atoms. The lowest BCUT2D eigenvalue weighted by Gasteiger charge is -2.33. The molecule has 0 bridgehead atoms. The second-order valence-electron chi connectivity index (χ2n) is 5.32. The number of ether oxygens (including phenoxy) is 1. The maximum atomic E-state index is 11.9. The van der Waals surface area contributed by atoms with Gasteiger partial charge in [0.05, 0.1) is 17.7 Å². The van der Waals surface area contributed by atoms with Crippen LogP contribution in [0.3, 0.4) is 0 Å². The van der Waals surface area contributed by atoms with E-state index in [-0.39, 0.29) is 5.91 Å². The van der Waals surface area contributed by atoms with Gasteiger partial charge >= 0.3 is 0 Å². The molecule has 1 aromatic carbocycles. The van der Waals surface area contributed by atoms with E-state index >= 15 is 0 Å². The predicted molar refractivity (Wildman–Crippen MR) is 79.9 cm³/mol. The fourth-order valence-electron chi connectivity index (χ4n) is 2.46. The Labute approximate surface area is 124 Å². The number of hydrogen-bond acceptors (Lipinski definition) is 3. The highest BCUT2D eigenvalue weighted by molar-refractivity contribution is 6.32. The van der Waals surface area contributed by atoms with E-state index in [1.807, 2.05) is 29.2 Å². The molecule has 1 aliphatic heterocycles. The van der Waals surface area contributed by atoms with Gasteiger partial charge < -0.3 is 15.4 Å². The lowest BCUT2D eigenvalue weighted by molar-refractivity contribution is -0.134. The highest BCUT2D eigenvalue weighted by Crippen LogP contribution is 2.25. The first-order chi connectivity index (χ1) is 9.58. The number of nitrogens with zero attached hydrogens (tertiary/aromatic N) is 1. The summed E-state index contributed by atoms with van der Waals surface area (Å²) in [5.74, 6) is 1.06. The van der Waals surface area contributed by atoms with Gasteiger partial charge in [0.1, 0.15) is 5.75 Å². The average molecular weight is 297 g/mol. The van der Waals surface area contributed by atoms with E-state index < -0.39 is 6.04 Å². The van der Waals surface area contributed by atoms with Crippen molar-refractivity contribution in [3.63, 3.8) is 0 Å². The van der Waals surface area contributed by atoms with Gasteiger partial charge in [0.25, 0.3) is 0 Å². The minimum absolute atomic E-state index is 0.0208. The van der Waals surface area contributed by atoms with E-state index in [4.69, 9.17) is 22.1 Å². The molecule has 2 rings (SSSR count). The highest BCUT2D eigenvalue weighted by atomic mass is 35.5. The van der Waals surface area contributed by atoms with Gasteiger partial charge in [0.2, 0.25) is 5.91 Å². The van der Waals surface area contributed by atoms with E-state index in [0.29, 0.717) is 29.8 Å². The van der Waals surface area contributed by atoms with Crippen LogP contribution in [0, 0.1) is 5.92 Å². The van der Waals surface area contributed by atoms with Crippen molar-refractivity contribution < 1.29 is 9.53 Å². The Kier molecular flexibility index (Phi) is 5.26. The monoisotopic (exact) mass is 296 g/mol. The summed E-state index contributed by atoms with van der Waals surface area (Å²) in [7, 11) is 0. The van der Waals surface area contributed by atoms with E-state index in [1.54, 1.807) is 6.92 Å². The maximum absolute atomic E-state index is 11.9. The van der Waals surface area contributed by atoms with Crippen molar-refractivity contribution in [2.75, 3.05) is 19.7 Å². The first-order valence-electron chi connectivity index (χ1n) is 6.99. The van der Waals surface area contributed by atoms with Gasteiger partial charge in [-0.2, -0.15) is 0 Å². The summed E-state index contributed by atoms with van der Waals surface area (Å²) < 4.78 is 5.76. The molecule has 1 saturated heterocycles. The Morgan fingerprint density at radius 3 is 3.00 bits per heavy atom. The molecule has 2 N–H and O–H groups in total. The number of carbonyl (C=O) groups is 1. The summed E-state index contributed by atoms with van der Waals surface area (Å²) in [4.78, 5) is 13.8. The fraction of sp³-hybridized carbons (Fsp3) is 0.533. The minimum Gasteiger partial charge on any atom is -0.492 e. The van der Waals surface area contributed by atoms with Crippen molar-refractivity contribution in [3.8, 4) is 5.75 Å². The summed E-state index contributed by atoms with van der Waals surface area (Å²) in [6, 6.07) is 7.00. The van der Waals surface area contributed by atoms with Crippen LogP contribution in [0.5, 0.6) is 5.75 Å². The molecule has 1 amide bonds. The van der Waals surface area contributed by atoms with Crippen LogP contribution in [0.1, 0.15) is 19.8 Å². The molecule has 2 unspecified atom stereocenters. The molecule has 0 radical (unpaired) electrons. The number of likely N-dealkylation sites (tertiary alicyclic amines) is 1. The lowest BCUT2D eigenvalue weighted by Crippen LogP contribution is -2.47. The normalized spacial score (nSPS) is 20.6. The first kappa shape index (κ1) is 15.1. The number of para-hydroxylation sites is 1. The number of piperidine rings is 1. The summed E-state index contributed by atoms with van der Waals surface area (Å²) in [5, 5.41) is 0.617. The van der Waals surface area contributed by atoms with Gasteiger partial charge in [-0.25, -0.2) is 0 Å². The zero-order valence-electron chi connectivity index (χ0n) is 11.7. The van der Waals surface area contributed by atoms with Crippen molar-refractivity contribution in [1.82, 2.24) is 4.90 Å². The van der Waals surface area contributed by atoms with Crippen LogP contribution in [0.25, 0.3) is 0 Å². The molecular weight excluding hydrogens is 276 g/mol. The van der Waals surface area contributed by atoms with Crippen LogP contribution in [0.4, 0.5) is 0 Å². The third-order valence-corrected chi connectivity index (χ3v) is 3.84. The van der Waals surface area contributed by atoms with E-state index in [2.05, 4.69) is 0 Å². The van der Waals surface area contributed by atoms with Crippen LogP contribution in [-0.2, 0) is 4.79 Å². The van der Waals surface area contributed by atoms with Crippen molar-refractivity contribution in [2.45, 2.75) is 25.8 Å². The third kappa shape index (κ3) is 3.87. The van der Waals surface area contributed by atoms with Crippen LogP contribution in [0.2, 0.25) is 5.02 Å². The Morgan fingerprint density at radius 2 is 2.30 bits per heavy atom. The summed E-state index contributed by atoms with van der Waals surface area (Å²) >= 11 is 6.06. The summed E-state index contributed by atoms with van der Waals surface area (Å²) in [5.41, 5.74) is 5.66. The van der Waals surface area contributed by atoms with Gasteiger partial charge in [-0.15, -0.1) is 0 Å². The molecular formula is C15H21ClN2O2. The molecule has 2 atom stereocenters.